The van der Waals surface area contributed by atoms with Crippen LogP contribution < -0.4 is 5.32 Å². The van der Waals surface area contributed by atoms with Crippen LogP contribution in [0.15, 0.2) is 6.20 Å². The second kappa shape index (κ2) is 8.47. The Morgan fingerprint density at radius 3 is 2.84 bits per heavy atom. The van der Waals surface area contributed by atoms with E-state index in [1.165, 1.54) is 4.88 Å². The molecule has 2 rings (SSSR count). The summed E-state index contributed by atoms with van der Waals surface area (Å²) in [5.41, 5.74) is -0.485. The van der Waals surface area contributed by atoms with Crippen molar-refractivity contribution in [3.63, 3.8) is 0 Å². The molecule has 0 saturated carbocycles. The third kappa shape index (κ3) is 6.24. The molecule has 0 bridgehead atoms. The summed E-state index contributed by atoms with van der Waals surface area (Å²) in [6.07, 6.45) is 2.47. The van der Waals surface area contributed by atoms with Crippen molar-refractivity contribution >= 4 is 17.4 Å². The molecule has 3 atom stereocenters. The van der Waals surface area contributed by atoms with E-state index in [0.29, 0.717) is 19.8 Å². The Labute approximate surface area is 154 Å². The largest absolute Gasteiger partial charge is 0.444 e. The lowest BCUT2D eigenvalue weighted by Gasteiger charge is -2.38. The molecule has 1 aliphatic heterocycles. The van der Waals surface area contributed by atoms with Crippen LogP contribution in [0.3, 0.4) is 0 Å². The Bertz CT molecular complexity index is 570. The van der Waals surface area contributed by atoms with Gasteiger partial charge in [-0.15, -0.1) is 11.3 Å². The van der Waals surface area contributed by atoms with E-state index < -0.39 is 5.60 Å². The monoisotopic (exact) mass is 369 g/mol. The first kappa shape index (κ1) is 20.1. The predicted octanol–water partition coefficient (Wildman–Crippen LogP) is 3.52. The van der Waals surface area contributed by atoms with Crippen LogP contribution in [0.1, 0.15) is 57.0 Å². The Kier molecular flexibility index (Phi) is 6.82. The molecule has 0 aliphatic carbocycles. The fourth-order valence-corrected chi connectivity index (χ4v) is 3.74. The number of thiazole rings is 1. The van der Waals surface area contributed by atoms with Gasteiger partial charge in [-0.3, -0.25) is 0 Å². The Balaban J connectivity index is 1.92. The van der Waals surface area contributed by atoms with Gasteiger partial charge >= 0.3 is 6.09 Å². The van der Waals surface area contributed by atoms with Gasteiger partial charge in [0.15, 0.2) is 0 Å². The zero-order valence-electron chi connectivity index (χ0n) is 16.2. The van der Waals surface area contributed by atoms with Gasteiger partial charge in [-0.1, -0.05) is 0 Å². The Morgan fingerprint density at radius 1 is 1.52 bits per heavy atom. The number of nitrogens with one attached hydrogen (secondary N) is 1. The molecule has 1 saturated heterocycles. The van der Waals surface area contributed by atoms with Crippen molar-refractivity contribution in [1.29, 1.82) is 0 Å². The molecule has 3 unspecified atom stereocenters. The number of carbonyl (C=O) groups excluding carboxylic acids is 1. The number of morpholine rings is 1. The molecule has 1 aromatic rings. The molecule has 1 amide bonds. The summed E-state index contributed by atoms with van der Waals surface area (Å²) < 4.78 is 11.1. The molecule has 1 N–H and O–H groups in total. The average molecular weight is 370 g/mol. The van der Waals surface area contributed by atoms with Crippen molar-refractivity contribution in [2.24, 2.45) is 0 Å². The van der Waals surface area contributed by atoms with Gasteiger partial charge in [0.1, 0.15) is 10.6 Å². The lowest BCUT2D eigenvalue weighted by molar-refractivity contribution is -0.0357. The molecule has 2 heterocycles. The van der Waals surface area contributed by atoms with Crippen LogP contribution in [0, 0.1) is 6.92 Å². The Morgan fingerprint density at radius 2 is 2.24 bits per heavy atom. The summed E-state index contributed by atoms with van der Waals surface area (Å²) in [6.45, 7) is 13.7. The van der Waals surface area contributed by atoms with Crippen molar-refractivity contribution in [3.05, 3.63) is 16.1 Å². The average Bonchev–Trinajstić information content (AvgIpc) is 2.92. The van der Waals surface area contributed by atoms with Crippen molar-refractivity contribution in [2.75, 3.05) is 19.8 Å². The molecule has 25 heavy (non-hydrogen) atoms. The summed E-state index contributed by atoms with van der Waals surface area (Å²) in [4.78, 5) is 19.9. The quantitative estimate of drug-likeness (QED) is 0.860. The first-order valence-corrected chi connectivity index (χ1v) is 9.73. The molecular formula is C18H31N3O3S. The Hall–Kier alpha value is -1.18. The molecule has 6 nitrogen and oxygen atoms in total. The third-order valence-corrected chi connectivity index (χ3v) is 5.12. The number of rotatable bonds is 5. The number of ether oxygens (including phenoxy) is 2. The van der Waals surface area contributed by atoms with Crippen LogP contribution in [-0.4, -0.2) is 53.4 Å². The van der Waals surface area contributed by atoms with Gasteiger partial charge in [0.25, 0.3) is 0 Å². The third-order valence-electron chi connectivity index (χ3n) is 4.03. The highest BCUT2D eigenvalue weighted by molar-refractivity contribution is 7.11. The van der Waals surface area contributed by atoms with Gasteiger partial charge in [-0.25, -0.2) is 9.78 Å². The van der Waals surface area contributed by atoms with Crippen molar-refractivity contribution in [1.82, 2.24) is 15.2 Å². The fourth-order valence-electron chi connectivity index (χ4n) is 2.96. The van der Waals surface area contributed by atoms with Crippen molar-refractivity contribution in [2.45, 2.75) is 71.7 Å². The molecule has 1 fully saturated rings. The summed E-state index contributed by atoms with van der Waals surface area (Å²) >= 11 is 1.71. The molecule has 0 radical (unpaired) electrons. The summed E-state index contributed by atoms with van der Waals surface area (Å²) in [7, 11) is 0. The lowest BCUT2D eigenvalue weighted by atomic mass is 10.1. The molecular weight excluding hydrogens is 338 g/mol. The van der Waals surface area contributed by atoms with Gasteiger partial charge in [0.05, 0.1) is 25.3 Å². The van der Waals surface area contributed by atoms with E-state index in [-0.39, 0.29) is 24.2 Å². The van der Waals surface area contributed by atoms with E-state index in [2.05, 4.69) is 31.1 Å². The van der Waals surface area contributed by atoms with E-state index >= 15 is 0 Å². The zero-order chi connectivity index (χ0) is 18.6. The highest BCUT2D eigenvalue weighted by Crippen LogP contribution is 2.22. The topological polar surface area (TPSA) is 63.7 Å². The summed E-state index contributed by atoms with van der Waals surface area (Å²) in [5.74, 6) is 0. The highest BCUT2D eigenvalue weighted by Gasteiger charge is 2.32. The molecule has 142 valence electrons. The molecule has 1 aliphatic rings. The van der Waals surface area contributed by atoms with Gasteiger partial charge < -0.3 is 19.7 Å². The normalized spacial score (nSPS) is 21.0. The minimum Gasteiger partial charge on any atom is -0.444 e. The number of amides is 1. The van der Waals surface area contributed by atoms with Crippen molar-refractivity contribution in [3.8, 4) is 0 Å². The maximum absolute atomic E-state index is 12.5. The number of carbonyl (C=O) groups is 1. The number of hydrogen-bond donors (Lipinski definition) is 1. The van der Waals surface area contributed by atoms with E-state index in [4.69, 9.17) is 9.47 Å². The highest BCUT2D eigenvalue weighted by atomic mass is 32.1. The van der Waals surface area contributed by atoms with Crippen LogP contribution in [0.4, 0.5) is 4.79 Å². The van der Waals surface area contributed by atoms with Gasteiger partial charge in [-0.2, -0.15) is 0 Å². The first-order chi connectivity index (χ1) is 11.7. The predicted molar refractivity (Wildman–Crippen MR) is 100 cm³/mol. The van der Waals surface area contributed by atoms with Gasteiger partial charge in [0, 0.05) is 23.7 Å². The van der Waals surface area contributed by atoms with E-state index in [1.807, 2.05) is 31.9 Å². The van der Waals surface area contributed by atoms with Crippen LogP contribution >= 0.6 is 11.3 Å². The standard InChI is InChI=1S/C18H31N3O3S/c1-12(20-14(3)16-19-10-13(2)25-16)9-15-11-23-8-7-21(15)17(22)24-18(4,5)6/h10,12,14-15,20H,7-9,11H2,1-6H3. The van der Waals surface area contributed by atoms with Gasteiger partial charge in [-0.05, 0) is 48.0 Å². The number of aryl methyl sites for hydroxylation is 1. The number of nitrogens with zero attached hydrogens (tertiary/aromatic N) is 2. The minimum absolute atomic E-state index is 0.0244. The fraction of sp³-hybridized carbons (Fsp3) is 0.778. The van der Waals surface area contributed by atoms with E-state index in [0.717, 1.165) is 11.4 Å². The minimum atomic E-state index is -0.485. The first-order valence-electron chi connectivity index (χ1n) is 8.91. The number of aromatic nitrogens is 1. The summed E-state index contributed by atoms with van der Waals surface area (Å²) in [5, 5.41) is 4.67. The second-order valence-electron chi connectivity index (χ2n) is 7.74. The number of hydrogen-bond acceptors (Lipinski definition) is 6. The lowest BCUT2D eigenvalue weighted by Crippen LogP contribution is -2.52. The van der Waals surface area contributed by atoms with Crippen LogP contribution in [0.2, 0.25) is 0 Å². The summed E-state index contributed by atoms with van der Waals surface area (Å²) in [6, 6.07) is 0.445. The molecule has 0 spiro atoms. The smallest absolute Gasteiger partial charge is 0.410 e. The molecule has 0 aromatic carbocycles. The maximum atomic E-state index is 12.5. The van der Waals surface area contributed by atoms with Crippen LogP contribution in [0.25, 0.3) is 0 Å². The SMILES string of the molecule is Cc1cnc(C(C)NC(C)CC2COCCN2C(=O)OC(C)(C)C)s1. The van der Waals surface area contributed by atoms with E-state index in [9.17, 15) is 4.79 Å². The molecule has 1 aromatic heterocycles. The maximum Gasteiger partial charge on any atom is 0.410 e. The zero-order valence-corrected chi connectivity index (χ0v) is 17.0. The van der Waals surface area contributed by atoms with Crippen molar-refractivity contribution < 1.29 is 14.3 Å². The van der Waals surface area contributed by atoms with Gasteiger partial charge in [0.2, 0.25) is 0 Å². The second-order valence-corrected chi connectivity index (χ2v) is 9.00. The van der Waals surface area contributed by atoms with Crippen LogP contribution in [0.5, 0.6) is 0 Å². The van der Waals surface area contributed by atoms with Crippen LogP contribution in [-0.2, 0) is 9.47 Å². The molecule has 7 heteroatoms. The van der Waals surface area contributed by atoms with E-state index in [1.54, 1.807) is 11.3 Å².